The highest BCUT2D eigenvalue weighted by Gasteiger charge is 2.53. The van der Waals surface area contributed by atoms with E-state index in [1.54, 1.807) is 4.90 Å². The minimum absolute atomic E-state index is 0.0751. The number of carbonyl (C=O) groups is 2. The monoisotopic (exact) mass is 328 g/mol. The summed E-state index contributed by atoms with van der Waals surface area (Å²) in [6.07, 6.45) is 6.17. The van der Waals surface area contributed by atoms with Crippen LogP contribution in [0.25, 0.3) is 0 Å². The standard InChI is InChI=1S/C20H28N2O2/c1-21(2)19(24)20-13-7-6-10-17(20)22(18(23)11-14-20)15-12-16-8-4-3-5-9-16/h3-5,8-9,17H,6-7,10-15H2,1-2H3/t17-,20-/m0/s1. The first kappa shape index (κ1) is 17.0. The van der Waals surface area contributed by atoms with Crippen molar-refractivity contribution in [3.63, 3.8) is 0 Å². The lowest BCUT2D eigenvalue weighted by atomic mass is 9.64. The molecule has 1 heterocycles. The molecule has 1 aromatic rings. The molecular formula is C20H28N2O2. The molecule has 1 aliphatic heterocycles. The van der Waals surface area contributed by atoms with Crippen molar-refractivity contribution in [1.29, 1.82) is 0 Å². The average molecular weight is 328 g/mol. The van der Waals surface area contributed by atoms with Crippen LogP contribution in [0.1, 0.15) is 44.1 Å². The van der Waals surface area contributed by atoms with Crippen molar-refractivity contribution in [3.8, 4) is 0 Å². The third kappa shape index (κ3) is 3.06. The molecule has 2 aliphatic rings. The Hall–Kier alpha value is -1.84. The molecule has 2 amide bonds. The average Bonchev–Trinajstić information content (AvgIpc) is 2.61. The van der Waals surface area contributed by atoms with E-state index in [0.717, 1.165) is 45.1 Å². The molecule has 24 heavy (non-hydrogen) atoms. The zero-order chi connectivity index (χ0) is 17.2. The summed E-state index contributed by atoms with van der Waals surface area (Å²) >= 11 is 0. The van der Waals surface area contributed by atoms with Gasteiger partial charge in [-0.3, -0.25) is 9.59 Å². The number of fused-ring (bicyclic) bond motifs is 1. The molecule has 0 bridgehead atoms. The number of amides is 2. The van der Waals surface area contributed by atoms with Crippen LogP contribution in [0.4, 0.5) is 0 Å². The highest BCUT2D eigenvalue weighted by molar-refractivity contribution is 5.87. The van der Waals surface area contributed by atoms with Gasteiger partial charge in [0.05, 0.1) is 5.41 Å². The summed E-state index contributed by atoms with van der Waals surface area (Å²) in [6, 6.07) is 10.4. The van der Waals surface area contributed by atoms with E-state index in [9.17, 15) is 9.59 Å². The van der Waals surface area contributed by atoms with Gasteiger partial charge in [-0.2, -0.15) is 0 Å². The van der Waals surface area contributed by atoms with Crippen molar-refractivity contribution >= 4 is 11.8 Å². The largest absolute Gasteiger partial charge is 0.348 e. The van der Waals surface area contributed by atoms with Crippen molar-refractivity contribution in [2.45, 2.75) is 51.0 Å². The predicted octanol–water partition coefficient (Wildman–Crippen LogP) is 2.87. The van der Waals surface area contributed by atoms with Crippen LogP contribution < -0.4 is 0 Å². The maximum atomic E-state index is 13.0. The van der Waals surface area contributed by atoms with Gasteiger partial charge in [-0.25, -0.2) is 0 Å². The molecule has 3 rings (SSSR count). The molecule has 1 aliphatic carbocycles. The Balaban J connectivity index is 1.82. The van der Waals surface area contributed by atoms with Gasteiger partial charge in [0.2, 0.25) is 11.8 Å². The van der Waals surface area contributed by atoms with Crippen molar-refractivity contribution in [2.24, 2.45) is 5.41 Å². The number of hydrogen-bond donors (Lipinski definition) is 0. The summed E-state index contributed by atoms with van der Waals surface area (Å²) in [6.45, 7) is 0.718. The van der Waals surface area contributed by atoms with Gasteiger partial charge in [-0.05, 0) is 31.2 Å². The summed E-state index contributed by atoms with van der Waals surface area (Å²) in [7, 11) is 3.68. The Kier molecular flexibility index (Phi) is 4.93. The van der Waals surface area contributed by atoms with E-state index in [1.807, 2.05) is 37.2 Å². The van der Waals surface area contributed by atoms with Crippen molar-refractivity contribution in [2.75, 3.05) is 20.6 Å². The minimum atomic E-state index is -0.355. The number of rotatable bonds is 4. The maximum Gasteiger partial charge on any atom is 0.230 e. The van der Waals surface area contributed by atoms with Gasteiger partial charge in [-0.15, -0.1) is 0 Å². The van der Waals surface area contributed by atoms with Gasteiger partial charge in [0.25, 0.3) is 0 Å². The van der Waals surface area contributed by atoms with Gasteiger partial charge in [-0.1, -0.05) is 43.2 Å². The third-order valence-corrected chi connectivity index (χ3v) is 5.79. The Labute approximate surface area is 144 Å². The molecule has 2 fully saturated rings. The van der Waals surface area contributed by atoms with Crippen LogP contribution in [0.2, 0.25) is 0 Å². The molecule has 4 nitrogen and oxygen atoms in total. The highest BCUT2D eigenvalue weighted by atomic mass is 16.2. The van der Waals surface area contributed by atoms with Crippen LogP contribution in [0.15, 0.2) is 30.3 Å². The van der Waals surface area contributed by atoms with E-state index < -0.39 is 0 Å². The van der Waals surface area contributed by atoms with Crippen molar-refractivity contribution < 1.29 is 9.59 Å². The van der Waals surface area contributed by atoms with Gasteiger partial charge in [0.15, 0.2) is 0 Å². The van der Waals surface area contributed by atoms with Crippen LogP contribution in [-0.4, -0.2) is 48.3 Å². The van der Waals surface area contributed by atoms with E-state index in [0.29, 0.717) is 6.42 Å². The predicted molar refractivity (Wildman–Crippen MR) is 94.5 cm³/mol. The Morgan fingerprint density at radius 1 is 1.21 bits per heavy atom. The molecule has 0 radical (unpaired) electrons. The molecule has 0 aromatic heterocycles. The molecule has 0 N–H and O–H groups in total. The highest BCUT2D eigenvalue weighted by Crippen LogP contribution is 2.47. The maximum absolute atomic E-state index is 13.0. The lowest BCUT2D eigenvalue weighted by Crippen LogP contribution is -2.61. The number of hydrogen-bond acceptors (Lipinski definition) is 2. The fourth-order valence-electron chi connectivity index (χ4n) is 4.59. The summed E-state index contributed by atoms with van der Waals surface area (Å²) in [5.74, 6) is 0.435. The lowest BCUT2D eigenvalue weighted by Gasteiger charge is -2.52. The van der Waals surface area contributed by atoms with Gasteiger partial charge in [0, 0.05) is 33.1 Å². The number of benzene rings is 1. The third-order valence-electron chi connectivity index (χ3n) is 5.79. The zero-order valence-electron chi connectivity index (χ0n) is 14.8. The van der Waals surface area contributed by atoms with Crippen molar-refractivity contribution in [3.05, 3.63) is 35.9 Å². The molecule has 4 heteroatoms. The quantitative estimate of drug-likeness (QED) is 0.853. The smallest absolute Gasteiger partial charge is 0.230 e. The zero-order valence-corrected chi connectivity index (χ0v) is 14.8. The molecule has 0 unspecified atom stereocenters. The fraction of sp³-hybridized carbons (Fsp3) is 0.600. The number of likely N-dealkylation sites (tertiary alicyclic amines) is 1. The summed E-state index contributed by atoms with van der Waals surface area (Å²) < 4.78 is 0. The summed E-state index contributed by atoms with van der Waals surface area (Å²) in [5, 5.41) is 0. The Morgan fingerprint density at radius 3 is 2.67 bits per heavy atom. The van der Waals surface area contributed by atoms with Gasteiger partial charge in [0.1, 0.15) is 0 Å². The second-order valence-electron chi connectivity index (χ2n) is 7.44. The van der Waals surface area contributed by atoms with E-state index in [-0.39, 0.29) is 23.3 Å². The fourth-order valence-corrected chi connectivity index (χ4v) is 4.59. The van der Waals surface area contributed by atoms with E-state index in [2.05, 4.69) is 12.1 Å². The molecule has 130 valence electrons. The summed E-state index contributed by atoms with van der Waals surface area (Å²) in [4.78, 5) is 29.3. The number of piperidine rings is 1. The normalized spacial score (nSPS) is 26.8. The Morgan fingerprint density at radius 2 is 1.96 bits per heavy atom. The lowest BCUT2D eigenvalue weighted by molar-refractivity contribution is -0.160. The number of nitrogens with zero attached hydrogens (tertiary/aromatic N) is 2. The molecular weight excluding hydrogens is 300 g/mol. The molecule has 1 saturated carbocycles. The topological polar surface area (TPSA) is 40.6 Å². The van der Waals surface area contributed by atoms with Crippen LogP contribution in [0, 0.1) is 5.41 Å². The molecule has 0 spiro atoms. The minimum Gasteiger partial charge on any atom is -0.348 e. The van der Waals surface area contributed by atoms with Crippen LogP contribution >= 0.6 is 0 Å². The van der Waals surface area contributed by atoms with Crippen LogP contribution in [-0.2, 0) is 16.0 Å². The Bertz CT molecular complexity index is 599. The van der Waals surface area contributed by atoms with Gasteiger partial charge < -0.3 is 9.80 Å². The van der Waals surface area contributed by atoms with Gasteiger partial charge >= 0.3 is 0 Å². The van der Waals surface area contributed by atoms with E-state index in [4.69, 9.17) is 0 Å². The SMILES string of the molecule is CN(C)C(=O)[C@]12CCCC[C@@H]1N(CCc1ccccc1)C(=O)CC2. The first-order valence-corrected chi connectivity index (χ1v) is 9.10. The van der Waals surface area contributed by atoms with E-state index in [1.165, 1.54) is 5.56 Å². The van der Waals surface area contributed by atoms with E-state index >= 15 is 0 Å². The second kappa shape index (κ2) is 6.96. The summed E-state index contributed by atoms with van der Waals surface area (Å²) in [5.41, 5.74) is 0.892. The number of carbonyl (C=O) groups excluding carboxylic acids is 2. The van der Waals surface area contributed by atoms with Crippen molar-refractivity contribution in [1.82, 2.24) is 9.80 Å². The molecule has 1 saturated heterocycles. The second-order valence-corrected chi connectivity index (χ2v) is 7.44. The first-order chi connectivity index (χ1) is 11.5. The molecule has 2 atom stereocenters. The molecule has 1 aromatic carbocycles. The van der Waals surface area contributed by atoms with Crippen LogP contribution in [0.5, 0.6) is 0 Å². The first-order valence-electron chi connectivity index (χ1n) is 9.10. The van der Waals surface area contributed by atoms with Crippen LogP contribution in [0.3, 0.4) is 0 Å².